The predicted molar refractivity (Wildman–Crippen MR) is 138 cm³/mol. The Bertz CT molecular complexity index is 1380. The number of aromatic nitrogens is 4. The maximum absolute atomic E-state index is 12.8. The average molecular weight is 473 g/mol. The summed E-state index contributed by atoms with van der Waals surface area (Å²) in [6, 6.07) is 18.0. The summed E-state index contributed by atoms with van der Waals surface area (Å²) in [5, 5.41) is 3.10. The summed E-state index contributed by atoms with van der Waals surface area (Å²) < 4.78 is 6.93. The Hall–Kier alpha value is -3.65. The molecule has 8 heteroatoms. The molecule has 3 heterocycles. The van der Waals surface area contributed by atoms with Crippen LogP contribution >= 0.6 is 0 Å². The van der Waals surface area contributed by atoms with Crippen molar-refractivity contribution in [3.63, 3.8) is 0 Å². The van der Waals surface area contributed by atoms with Gasteiger partial charge in [-0.1, -0.05) is 57.2 Å². The van der Waals surface area contributed by atoms with E-state index in [1.807, 2.05) is 30.3 Å². The van der Waals surface area contributed by atoms with Crippen LogP contribution in [0.3, 0.4) is 0 Å². The number of H-pyrrole nitrogens is 1. The summed E-state index contributed by atoms with van der Waals surface area (Å²) in [5.74, 6) is 1.93. The second kappa shape index (κ2) is 9.19. The zero-order valence-corrected chi connectivity index (χ0v) is 20.8. The topological polar surface area (TPSA) is 78.8 Å². The second-order valence-corrected chi connectivity index (χ2v) is 10.1. The molecule has 1 N–H and O–H groups in total. The van der Waals surface area contributed by atoms with Crippen molar-refractivity contribution < 1.29 is 4.74 Å². The van der Waals surface area contributed by atoms with E-state index in [2.05, 4.69) is 63.8 Å². The molecule has 0 radical (unpaired) electrons. The molecule has 8 nitrogen and oxygen atoms in total. The van der Waals surface area contributed by atoms with Crippen molar-refractivity contribution in [1.29, 1.82) is 0 Å². The van der Waals surface area contributed by atoms with Crippen molar-refractivity contribution >= 4 is 11.5 Å². The number of nitrogens with one attached hydrogen (secondary N) is 1. The van der Waals surface area contributed by atoms with Crippen LogP contribution < -0.4 is 15.2 Å². The van der Waals surface area contributed by atoms with Gasteiger partial charge in [-0.2, -0.15) is 9.50 Å². The molecule has 1 saturated heterocycles. The molecule has 182 valence electrons. The summed E-state index contributed by atoms with van der Waals surface area (Å²) in [5.41, 5.74) is 3.97. The first-order chi connectivity index (χ1) is 16.8. The number of para-hydroxylation sites is 2. The number of methoxy groups -OCH3 is 1. The fourth-order valence-electron chi connectivity index (χ4n) is 4.53. The Morgan fingerprint density at radius 2 is 1.69 bits per heavy atom. The van der Waals surface area contributed by atoms with E-state index in [1.165, 1.54) is 10.1 Å². The van der Waals surface area contributed by atoms with E-state index in [-0.39, 0.29) is 11.0 Å². The summed E-state index contributed by atoms with van der Waals surface area (Å²) >= 11 is 0. The van der Waals surface area contributed by atoms with Crippen LogP contribution in [0.1, 0.15) is 32.0 Å². The Morgan fingerprint density at radius 1 is 0.971 bits per heavy atom. The molecule has 2 aromatic heterocycles. The van der Waals surface area contributed by atoms with Crippen LogP contribution in [0.2, 0.25) is 0 Å². The number of hydrogen-bond donors (Lipinski definition) is 1. The Balaban J connectivity index is 1.30. The maximum Gasteiger partial charge on any atom is 0.274 e. The molecule has 0 atom stereocenters. The Labute approximate surface area is 205 Å². The third-order valence-electron chi connectivity index (χ3n) is 6.59. The van der Waals surface area contributed by atoms with Gasteiger partial charge in [0.15, 0.2) is 5.82 Å². The van der Waals surface area contributed by atoms with Gasteiger partial charge in [-0.15, -0.1) is 0 Å². The molecule has 5 rings (SSSR count). The van der Waals surface area contributed by atoms with Crippen LogP contribution in [0.5, 0.6) is 5.75 Å². The van der Waals surface area contributed by atoms with Gasteiger partial charge in [-0.3, -0.25) is 14.8 Å². The molecule has 0 amide bonds. The van der Waals surface area contributed by atoms with Crippen molar-refractivity contribution in [2.75, 3.05) is 38.2 Å². The summed E-state index contributed by atoms with van der Waals surface area (Å²) in [4.78, 5) is 26.8. The summed E-state index contributed by atoms with van der Waals surface area (Å²) in [6.07, 6.45) is 0. The molecule has 1 aliphatic rings. The molecule has 1 fully saturated rings. The summed E-state index contributed by atoms with van der Waals surface area (Å²) in [6.45, 7) is 10.7. The minimum atomic E-state index is -0.150. The van der Waals surface area contributed by atoms with Gasteiger partial charge in [0.25, 0.3) is 11.3 Å². The average Bonchev–Trinajstić information content (AvgIpc) is 3.29. The van der Waals surface area contributed by atoms with Crippen molar-refractivity contribution in [3.8, 4) is 17.1 Å². The van der Waals surface area contributed by atoms with Crippen LogP contribution in [0.25, 0.3) is 17.2 Å². The van der Waals surface area contributed by atoms with Gasteiger partial charge < -0.3 is 9.64 Å². The smallest absolute Gasteiger partial charge is 0.274 e. The molecule has 2 aromatic carbocycles. The van der Waals surface area contributed by atoms with Crippen molar-refractivity contribution in [2.45, 2.75) is 32.7 Å². The molecular formula is C27H32N6O2. The van der Waals surface area contributed by atoms with Gasteiger partial charge in [0.1, 0.15) is 5.75 Å². The molecule has 0 saturated carbocycles. The lowest BCUT2D eigenvalue weighted by molar-refractivity contribution is 0.246. The Kier molecular flexibility index (Phi) is 6.06. The quantitative estimate of drug-likeness (QED) is 0.477. The normalized spacial score (nSPS) is 15.0. The third-order valence-corrected chi connectivity index (χ3v) is 6.59. The van der Waals surface area contributed by atoms with Crippen molar-refractivity contribution in [3.05, 3.63) is 76.2 Å². The van der Waals surface area contributed by atoms with Crippen LogP contribution in [-0.2, 0) is 12.0 Å². The first-order valence-corrected chi connectivity index (χ1v) is 12.0. The monoisotopic (exact) mass is 472 g/mol. The van der Waals surface area contributed by atoms with Gasteiger partial charge in [-0.25, -0.2) is 4.98 Å². The zero-order valence-electron chi connectivity index (χ0n) is 20.8. The lowest BCUT2D eigenvalue weighted by Gasteiger charge is -2.36. The number of fused-ring (bicyclic) bond motifs is 1. The minimum absolute atomic E-state index is 0.0818. The van der Waals surface area contributed by atoms with Crippen LogP contribution in [0, 0.1) is 0 Å². The predicted octanol–water partition coefficient (Wildman–Crippen LogP) is 3.71. The number of benzene rings is 2. The highest BCUT2D eigenvalue weighted by atomic mass is 16.5. The zero-order chi connectivity index (χ0) is 24.6. The first kappa shape index (κ1) is 23.1. The molecular weight excluding hydrogens is 440 g/mol. The molecule has 0 bridgehead atoms. The standard InChI is InChI=1S/C27H32N6O2/c1-27(2,3)20-11-9-19(10-12-20)25-29-26-28-21(17-24(34)33(26)30-25)18-31-13-15-32(16-14-31)22-7-5-6-8-23(22)35-4/h5-12,17H,13-16,18H2,1-4H3,(H,28,29,30). The fraction of sp³-hybridized carbons (Fsp3) is 0.370. The molecule has 0 aliphatic carbocycles. The summed E-state index contributed by atoms with van der Waals surface area (Å²) in [7, 11) is 1.71. The van der Waals surface area contributed by atoms with Gasteiger partial charge in [0.2, 0.25) is 0 Å². The van der Waals surface area contributed by atoms with Crippen LogP contribution in [0.4, 0.5) is 5.69 Å². The fourth-order valence-corrected chi connectivity index (χ4v) is 4.53. The van der Waals surface area contributed by atoms with Crippen molar-refractivity contribution in [1.82, 2.24) is 24.5 Å². The highest BCUT2D eigenvalue weighted by Crippen LogP contribution is 2.28. The second-order valence-electron chi connectivity index (χ2n) is 10.1. The number of hydrogen-bond acceptors (Lipinski definition) is 6. The molecule has 0 unspecified atom stereocenters. The molecule has 0 spiro atoms. The minimum Gasteiger partial charge on any atom is -0.495 e. The Morgan fingerprint density at radius 3 is 2.37 bits per heavy atom. The number of ether oxygens (including phenoxy) is 1. The first-order valence-electron chi connectivity index (χ1n) is 12.0. The number of nitrogens with zero attached hydrogens (tertiary/aromatic N) is 5. The lowest BCUT2D eigenvalue weighted by atomic mass is 9.87. The van der Waals surface area contributed by atoms with E-state index < -0.39 is 0 Å². The van der Waals surface area contributed by atoms with E-state index in [4.69, 9.17) is 4.74 Å². The maximum atomic E-state index is 12.8. The number of anilines is 1. The molecule has 35 heavy (non-hydrogen) atoms. The number of aromatic amines is 1. The van der Waals surface area contributed by atoms with Crippen LogP contribution in [-0.4, -0.2) is 57.8 Å². The van der Waals surface area contributed by atoms with Crippen molar-refractivity contribution in [2.24, 2.45) is 0 Å². The highest BCUT2D eigenvalue weighted by Gasteiger charge is 2.21. The van der Waals surface area contributed by atoms with Crippen LogP contribution in [0.15, 0.2) is 59.4 Å². The van der Waals surface area contributed by atoms with Gasteiger partial charge in [-0.05, 0) is 23.1 Å². The lowest BCUT2D eigenvalue weighted by Crippen LogP contribution is -2.46. The van der Waals surface area contributed by atoms with E-state index >= 15 is 0 Å². The van der Waals surface area contributed by atoms with Gasteiger partial charge in [0, 0.05) is 44.4 Å². The van der Waals surface area contributed by atoms with Gasteiger partial charge >= 0.3 is 0 Å². The SMILES string of the molecule is COc1ccccc1N1CCN(Cc2cc(=O)n3[nH]c(-c4ccc(C(C)(C)C)cc4)nc3n2)CC1. The van der Waals surface area contributed by atoms with E-state index in [0.717, 1.165) is 48.9 Å². The van der Waals surface area contributed by atoms with E-state index in [9.17, 15) is 4.79 Å². The third kappa shape index (κ3) is 4.79. The number of piperazine rings is 1. The molecule has 1 aliphatic heterocycles. The molecule has 4 aromatic rings. The highest BCUT2D eigenvalue weighted by molar-refractivity contribution is 5.59. The number of rotatable bonds is 5. The van der Waals surface area contributed by atoms with E-state index in [1.54, 1.807) is 13.2 Å². The van der Waals surface area contributed by atoms with Gasteiger partial charge in [0.05, 0.1) is 18.5 Å². The van der Waals surface area contributed by atoms with E-state index in [0.29, 0.717) is 18.1 Å². The largest absolute Gasteiger partial charge is 0.495 e.